The van der Waals surface area contributed by atoms with Crippen molar-refractivity contribution in [2.75, 3.05) is 11.9 Å². The largest absolute Gasteiger partial charge is 0.471 e. The molecule has 0 unspecified atom stereocenters. The van der Waals surface area contributed by atoms with E-state index in [9.17, 15) is 37.6 Å². The molecular formula is C26H30F3N5O4. The van der Waals surface area contributed by atoms with Crippen molar-refractivity contribution in [3.63, 3.8) is 0 Å². The third-order valence-corrected chi connectivity index (χ3v) is 7.46. The van der Waals surface area contributed by atoms with Gasteiger partial charge in [0.25, 0.3) is 0 Å². The van der Waals surface area contributed by atoms with Gasteiger partial charge >= 0.3 is 12.1 Å². The maximum atomic E-state index is 13.8. The van der Waals surface area contributed by atoms with Gasteiger partial charge in [0.05, 0.1) is 11.5 Å². The average Bonchev–Trinajstić information content (AvgIpc) is 3.49. The van der Waals surface area contributed by atoms with Crippen LogP contribution in [-0.2, 0) is 24.6 Å². The molecule has 1 spiro atoms. The summed E-state index contributed by atoms with van der Waals surface area (Å²) < 4.78 is 38.8. The van der Waals surface area contributed by atoms with Crippen LogP contribution < -0.4 is 16.0 Å². The van der Waals surface area contributed by atoms with E-state index in [-0.39, 0.29) is 31.2 Å². The van der Waals surface area contributed by atoms with Crippen LogP contribution in [0, 0.1) is 22.7 Å². The van der Waals surface area contributed by atoms with E-state index in [4.69, 9.17) is 0 Å². The predicted octanol–water partition coefficient (Wildman–Crippen LogP) is 2.38. The predicted molar refractivity (Wildman–Crippen MR) is 129 cm³/mol. The topological polar surface area (TPSA) is 131 Å². The number of halogens is 3. The van der Waals surface area contributed by atoms with E-state index in [1.165, 1.54) is 25.7 Å². The lowest BCUT2D eigenvalue weighted by atomic mass is 9.80. The lowest BCUT2D eigenvalue weighted by molar-refractivity contribution is -0.175. The zero-order chi connectivity index (χ0) is 28.0. The van der Waals surface area contributed by atoms with Crippen LogP contribution in [0.15, 0.2) is 24.3 Å². The molecule has 4 atom stereocenters. The van der Waals surface area contributed by atoms with E-state index < -0.39 is 52.9 Å². The number of nitrogens with one attached hydrogen (secondary N) is 3. The fourth-order valence-corrected chi connectivity index (χ4v) is 5.24. The molecule has 2 fully saturated rings. The van der Waals surface area contributed by atoms with Gasteiger partial charge in [-0.25, -0.2) is 0 Å². The van der Waals surface area contributed by atoms with Gasteiger partial charge in [-0.15, -0.1) is 0 Å². The number of hydrogen-bond donors (Lipinski definition) is 3. The number of likely N-dealkylation sites (tertiary alicyclic amines) is 1. The van der Waals surface area contributed by atoms with E-state index in [0.29, 0.717) is 11.3 Å². The first-order valence-corrected chi connectivity index (χ1v) is 12.5. The van der Waals surface area contributed by atoms with Crippen LogP contribution in [0.5, 0.6) is 0 Å². The molecule has 3 N–H and O–H groups in total. The third kappa shape index (κ3) is 5.19. The molecule has 12 heteroatoms. The summed E-state index contributed by atoms with van der Waals surface area (Å²) in [6, 6.07) is 5.50. The zero-order valence-electron chi connectivity index (χ0n) is 21.3. The van der Waals surface area contributed by atoms with E-state index in [0.717, 1.165) is 12.8 Å². The first-order chi connectivity index (χ1) is 17.7. The fraction of sp³-hybridized carbons (Fsp3) is 0.577. The number of para-hydroxylation sites is 1. The first-order valence-electron chi connectivity index (χ1n) is 12.5. The molecule has 38 heavy (non-hydrogen) atoms. The minimum Gasteiger partial charge on any atom is -0.342 e. The summed E-state index contributed by atoms with van der Waals surface area (Å²) in [5.74, 6) is -3.95. The molecule has 0 bridgehead atoms. The summed E-state index contributed by atoms with van der Waals surface area (Å²) in [6.07, 6.45) is -3.22. The number of anilines is 1. The number of carbonyl (C=O) groups is 4. The van der Waals surface area contributed by atoms with Gasteiger partial charge < -0.3 is 20.9 Å². The highest BCUT2D eigenvalue weighted by Gasteiger charge is 2.56. The van der Waals surface area contributed by atoms with Gasteiger partial charge in [-0.05, 0) is 29.4 Å². The molecule has 2 aliphatic heterocycles. The second kappa shape index (κ2) is 9.60. The Bertz CT molecular complexity index is 1200. The van der Waals surface area contributed by atoms with Gasteiger partial charge in [-0.1, -0.05) is 51.8 Å². The number of amides is 4. The second-order valence-electron chi connectivity index (χ2n) is 11.4. The number of hydrogen-bond acceptors (Lipinski definition) is 5. The van der Waals surface area contributed by atoms with Crippen LogP contribution in [0.4, 0.5) is 18.9 Å². The number of nitriles is 1. The molecule has 4 amide bonds. The van der Waals surface area contributed by atoms with Gasteiger partial charge in [0, 0.05) is 18.7 Å². The summed E-state index contributed by atoms with van der Waals surface area (Å²) in [5, 5.41) is 17.0. The highest BCUT2D eigenvalue weighted by molar-refractivity contribution is 6.07. The molecule has 1 aromatic rings. The smallest absolute Gasteiger partial charge is 0.342 e. The average molecular weight is 534 g/mol. The lowest BCUT2D eigenvalue weighted by Gasteiger charge is -2.33. The molecule has 4 rings (SSSR count). The fourth-order valence-electron chi connectivity index (χ4n) is 5.24. The maximum Gasteiger partial charge on any atom is 0.471 e. The Morgan fingerprint density at radius 1 is 1.18 bits per heavy atom. The zero-order valence-corrected chi connectivity index (χ0v) is 21.3. The Morgan fingerprint density at radius 3 is 2.42 bits per heavy atom. The summed E-state index contributed by atoms with van der Waals surface area (Å²) in [7, 11) is 0. The number of fused-ring (bicyclic) bond motifs is 2. The Morgan fingerprint density at radius 2 is 1.84 bits per heavy atom. The third-order valence-electron chi connectivity index (χ3n) is 7.46. The highest BCUT2D eigenvalue weighted by atomic mass is 19.4. The number of benzene rings is 1. The highest BCUT2D eigenvalue weighted by Crippen LogP contribution is 2.46. The van der Waals surface area contributed by atoms with E-state index in [2.05, 4.69) is 16.7 Å². The SMILES string of the molecule is CC(C)(C)[C@H](NC(=O)C(F)(F)F)C(=O)N[C@@H](CC1CC1)C(=O)N1C[C@]2(C[C@H]1C#N)C(=O)Nc1ccccc12. The Balaban J connectivity index is 1.58. The van der Waals surface area contributed by atoms with Gasteiger partial charge in [-0.3, -0.25) is 19.2 Å². The van der Waals surface area contributed by atoms with Crippen molar-refractivity contribution in [2.45, 2.75) is 76.2 Å². The molecule has 1 aliphatic carbocycles. The van der Waals surface area contributed by atoms with Crippen LogP contribution in [0.2, 0.25) is 0 Å². The molecule has 1 saturated heterocycles. The van der Waals surface area contributed by atoms with E-state index in [1.54, 1.807) is 29.6 Å². The van der Waals surface area contributed by atoms with Gasteiger partial charge in [0.15, 0.2) is 0 Å². The van der Waals surface area contributed by atoms with Crippen LogP contribution in [0.1, 0.15) is 52.0 Å². The quantitative estimate of drug-likeness (QED) is 0.517. The Hall–Kier alpha value is -3.62. The first kappa shape index (κ1) is 27.4. The Labute approximate surface area is 218 Å². The molecular weight excluding hydrogens is 503 g/mol. The van der Waals surface area contributed by atoms with Crippen LogP contribution in [0.3, 0.4) is 0 Å². The van der Waals surface area contributed by atoms with Crippen molar-refractivity contribution >= 4 is 29.3 Å². The number of alkyl halides is 3. The van der Waals surface area contributed by atoms with Crippen LogP contribution in [-0.4, -0.2) is 59.4 Å². The van der Waals surface area contributed by atoms with Crippen LogP contribution >= 0.6 is 0 Å². The summed E-state index contributed by atoms with van der Waals surface area (Å²) in [4.78, 5) is 53.0. The molecule has 9 nitrogen and oxygen atoms in total. The summed E-state index contributed by atoms with van der Waals surface area (Å²) in [5.41, 5.74) is -0.919. The van der Waals surface area contributed by atoms with Crippen molar-refractivity contribution in [1.29, 1.82) is 5.26 Å². The number of nitrogens with zero attached hydrogens (tertiary/aromatic N) is 2. The summed E-state index contributed by atoms with van der Waals surface area (Å²) in [6.45, 7) is 4.42. The van der Waals surface area contributed by atoms with Crippen molar-refractivity contribution in [1.82, 2.24) is 15.5 Å². The maximum absolute atomic E-state index is 13.8. The van der Waals surface area contributed by atoms with E-state index >= 15 is 0 Å². The molecule has 3 aliphatic rings. The molecule has 0 radical (unpaired) electrons. The van der Waals surface area contributed by atoms with Crippen molar-refractivity contribution in [3.8, 4) is 6.07 Å². The van der Waals surface area contributed by atoms with Crippen molar-refractivity contribution in [3.05, 3.63) is 29.8 Å². The monoisotopic (exact) mass is 533 g/mol. The number of rotatable bonds is 6. The van der Waals surface area contributed by atoms with E-state index in [1.807, 2.05) is 0 Å². The minimum absolute atomic E-state index is 0.0720. The lowest BCUT2D eigenvalue weighted by Crippen LogP contribution is -2.60. The van der Waals surface area contributed by atoms with Crippen LogP contribution in [0.25, 0.3) is 0 Å². The molecule has 0 aromatic heterocycles. The molecule has 204 valence electrons. The Kier molecular flexibility index (Phi) is 6.93. The molecule has 2 heterocycles. The second-order valence-corrected chi connectivity index (χ2v) is 11.4. The normalized spacial score (nSPS) is 24.3. The number of carbonyl (C=O) groups excluding carboxylic acids is 4. The molecule has 1 aromatic carbocycles. The minimum atomic E-state index is -5.19. The van der Waals surface area contributed by atoms with Gasteiger partial charge in [0.2, 0.25) is 17.7 Å². The van der Waals surface area contributed by atoms with Gasteiger partial charge in [-0.2, -0.15) is 18.4 Å². The summed E-state index contributed by atoms with van der Waals surface area (Å²) >= 11 is 0. The standard InChI is InChI=1S/C26H30F3N5O4/c1-24(2,3)19(33-23(38)26(27,28)29)20(35)31-18(10-14-8-9-14)21(36)34-13-25(11-15(34)12-30)16-6-4-5-7-17(16)32-22(25)37/h4-7,14-15,18-19H,8-11,13H2,1-3H3,(H,31,35)(H,32,37)(H,33,38)/t15-,18-,19+,25-/m0/s1. The van der Waals surface area contributed by atoms with Crippen molar-refractivity contribution < 1.29 is 32.3 Å². The molecule has 1 saturated carbocycles. The van der Waals surface area contributed by atoms with Gasteiger partial charge in [0.1, 0.15) is 18.1 Å². The van der Waals surface area contributed by atoms with Crippen molar-refractivity contribution in [2.24, 2.45) is 11.3 Å².